The van der Waals surface area contributed by atoms with Crippen molar-refractivity contribution in [1.82, 2.24) is 0 Å². The molecular weight excluding hydrogens is 144 g/mol. The predicted octanol–water partition coefficient (Wildman–Crippen LogP) is 1.73. The Kier molecular flexibility index (Phi) is 2.22. The van der Waals surface area contributed by atoms with Gasteiger partial charge in [-0.25, -0.2) is 0 Å². The molecule has 0 N–H and O–H groups in total. The molecule has 2 heteroatoms. The number of rotatable bonds is 1. The van der Waals surface area contributed by atoms with Crippen LogP contribution >= 0.6 is 10.5 Å². The van der Waals surface area contributed by atoms with Gasteiger partial charge in [0.25, 0.3) is 0 Å². The highest BCUT2D eigenvalue weighted by Gasteiger charge is 2.02. The molecule has 0 bridgehead atoms. The van der Waals surface area contributed by atoms with Crippen LogP contribution in [0.1, 0.15) is 6.92 Å². The average Bonchev–Trinajstić information content (AvgIpc) is 1.88. The first-order valence-corrected chi connectivity index (χ1v) is 4.79. The van der Waals surface area contributed by atoms with Crippen molar-refractivity contribution in [2.45, 2.75) is 6.92 Å². The molecule has 1 heterocycles. The van der Waals surface area contributed by atoms with Crippen LogP contribution in [0.4, 0.5) is 0 Å². The molecule has 1 aliphatic heterocycles. The van der Waals surface area contributed by atoms with Crippen LogP contribution in [0.5, 0.6) is 0 Å². The molecule has 10 heavy (non-hydrogen) atoms. The van der Waals surface area contributed by atoms with E-state index >= 15 is 0 Å². The second kappa shape index (κ2) is 2.97. The molecule has 0 saturated heterocycles. The van der Waals surface area contributed by atoms with Crippen molar-refractivity contribution in [1.29, 1.82) is 0 Å². The number of carbonyl (C=O) groups is 1. The standard InChI is InChI=1S/C8H10OS/c1-7(9)8-5-3-4-6-10(8)2/h3-6H,1-2H3. The Balaban J connectivity index is 3.04. The third-order valence-electron chi connectivity index (χ3n) is 1.34. The van der Waals surface area contributed by atoms with Crippen molar-refractivity contribution in [3.63, 3.8) is 0 Å². The number of hydrogen-bond acceptors (Lipinski definition) is 1. The lowest BCUT2D eigenvalue weighted by Crippen LogP contribution is -2.06. The van der Waals surface area contributed by atoms with Crippen LogP contribution in [-0.2, 0) is 4.79 Å². The summed E-state index contributed by atoms with van der Waals surface area (Å²) in [6.07, 6.45) is 7.83. The smallest absolute Gasteiger partial charge is 0.165 e. The lowest BCUT2D eigenvalue weighted by Gasteiger charge is -2.03. The first-order chi connectivity index (χ1) is 4.72. The topological polar surface area (TPSA) is 17.1 Å². The number of ketones is 1. The minimum Gasteiger partial charge on any atom is -0.294 e. The summed E-state index contributed by atoms with van der Waals surface area (Å²) in [5, 5.41) is 2.05. The number of hydrogen-bond donors (Lipinski definition) is 0. The van der Waals surface area contributed by atoms with Gasteiger partial charge in [0.1, 0.15) is 0 Å². The zero-order valence-corrected chi connectivity index (χ0v) is 6.94. The molecule has 0 aromatic rings. The molecule has 0 aliphatic carbocycles. The van der Waals surface area contributed by atoms with Gasteiger partial charge in [0, 0.05) is 4.86 Å². The maximum absolute atomic E-state index is 10.9. The summed E-state index contributed by atoms with van der Waals surface area (Å²) < 4.78 is 0. The Hall–Kier alpha value is -0.630. The van der Waals surface area contributed by atoms with Gasteiger partial charge in [-0.05, 0) is 24.7 Å². The summed E-state index contributed by atoms with van der Waals surface area (Å²) in [6.45, 7) is 1.61. The summed E-state index contributed by atoms with van der Waals surface area (Å²) in [4.78, 5) is 11.8. The van der Waals surface area contributed by atoms with E-state index in [1.807, 2.05) is 18.2 Å². The van der Waals surface area contributed by atoms with Crippen molar-refractivity contribution < 1.29 is 4.79 Å². The molecular formula is C8H10OS. The van der Waals surface area contributed by atoms with Crippen molar-refractivity contribution >= 4 is 21.1 Å². The van der Waals surface area contributed by atoms with Crippen LogP contribution < -0.4 is 0 Å². The Morgan fingerprint density at radius 1 is 1.50 bits per heavy atom. The molecule has 1 nitrogen and oxygen atoms in total. The summed E-state index contributed by atoms with van der Waals surface area (Å²) in [6, 6.07) is 0. The summed E-state index contributed by atoms with van der Waals surface area (Å²) >= 11 is 0. The minimum atomic E-state index is 0.0417. The highest BCUT2D eigenvalue weighted by Crippen LogP contribution is 2.16. The summed E-state index contributed by atoms with van der Waals surface area (Å²) in [7, 11) is 0.0417. The normalized spacial score (nSPS) is 23.4. The second-order valence-electron chi connectivity index (χ2n) is 2.17. The van der Waals surface area contributed by atoms with Crippen LogP contribution in [0, 0.1) is 0 Å². The Labute approximate surface area is 63.4 Å². The fraction of sp³-hybridized carbons (Fsp3) is 0.250. The van der Waals surface area contributed by atoms with E-state index in [1.165, 1.54) is 0 Å². The molecule has 0 aromatic heterocycles. The van der Waals surface area contributed by atoms with Gasteiger partial charge in [0.2, 0.25) is 0 Å². The maximum Gasteiger partial charge on any atom is 0.165 e. The van der Waals surface area contributed by atoms with Gasteiger partial charge in [-0.15, -0.1) is 0 Å². The zero-order chi connectivity index (χ0) is 7.56. The fourth-order valence-corrected chi connectivity index (χ4v) is 2.05. The molecule has 1 rings (SSSR count). The summed E-state index contributed by atoms with van der Waals surface area (Å²) in [5.74, 6) is 0.187. The molecule has 0 aromatic carbocycles. The Morgan fingerprint density at radius 2 is 2.20 bits per heavy atom. The first-order valence-electron chi connectivity index (χ1n) is 3.09. The first kappa shape index (κ1) is 7.48. The lowest BCUT2D eigenvalue weighted by molar-refractivity contribution is -0.110. The second-order valence-corrected chi connectivity index (χ2v) is 3.99. The quantitative estimate of drug-likeness (QED) is 0.526. The van der Waals surface area contributed by atoms with Gasteiger partial charge in [0.05, 0.1) is 0 Å². The molecule has 1 aliphatic rings. The monoisotopic (exact) mass is 154 g/mol. The van der Waals surface area contributed by atoms with E-state index in [9.17, 15) is 4.79 Å². The van der Waals surface area contributed by atoms with Crippen LogP contribution in [0.15, 0.2) is 23.6 Å². The lowest BCUT2D eigenvalue weighted by atomic mass is 10.3. The number of carbonyl (C=O) groups excluding carboxylic acids is 1. The van der Waals surface area contributed by atoms with E-state index in [4.69, 9.17) is 0 Å². The fourth-order valence-electron chi connectivity index (χ4n) is 0.831. The van der Waals surface area contributed by atoms with E-state index in [0.29, 0.717) is 0 Å². The maximum atomic E-state index is 10.9. The molecule has 0 saturated carbocycles. The number of allylic oxidation sites excluding steroid dienone is 3. The van der Waals surface area contributed by atoms with Crippen molar-refractivity contribution in [2.75, 3.05) is 6.26 Å². The van der Waals surface area contributed by atoms with E-state index in [-0.39, 0.29) is 16.3 Å². The molecule has 1 atom stereocenters. The van der Waals surface area contributed by atoms with Gasteiger partial charge < -0.3 is 0 Å². The van der Waals surface area contributed by atoms with Gasteiger partial charge >= 0.3 is 0 Å². The molecule has 0 fully saturated rings. The third kappa shape index (κ3) is 1.45. The van der Waals surface area contributed by atoms with Crippen molar-refractivity contribution in [2.24, 2.45) is 0 Å². The summed E-state index contributed by atoms with van der Waals surface area (Å²) in [5.41, 5.74) is 0. The van der Waals surface area contributed by atoms with E-state index < -0.39 is 0 Å². The Bertz CT molecular complexity index is 246. The largest absolute Gasteiger partial charge is 0.294 e. The number of Topliss-reactive ketones (excluding diaryl/α,β-unsaturated/α-hetero) is 1. The zero-order valence-electron chi connectivity index (χ0n) is 6.13. The van der Waals surface area contributed by atoms with E-state index in [0.717, 1.165) is 4.86 Å². The van der Waals surface area contributed by atoms with Gasteiger partial charge in [-0.1, -0.05) is 12.2 Å². The highest BCUT2D eigenvalue weighted by molar-refractivity contribution is 8.19. The van der Waals surface area contributed by atoms with Crippen LogP contribution in [0.25, 0.3) is 0 Å². The van der Waals surface area contributed by atoms with Crippen molar-refractivity contribution in [3.05, 3.63) is 23.6 Å². The average molecular weight is 154 g/mol. The molecule has 54 valence electrons. The minimum absolute atomic E-state index is 0.0417. The van der Waals surface area contributed by atoms with E-state index in [2.05, 4.69) is 11.7 Å². The Morgan fingerprint density at radius 3 is 2.60 bits per heavy atom. The molecule has 0 amide bonds. The van der Waals surface area contributed by atoms with Crippen molar-refractivity contribution in [3.8, 4) is 0 Å². The van der Waals surface area contributed by atoms with Crippen LogP contribution in [0.2, 0.25) is 0 Å². The highest BCUT2D eigenvalue weighted by atomic mass is 32.2. The van der Waals surface area contributed by atoms with Gasteiger partial charge in [-0.2, -0.15) is 10.5 Å². The molecule has 0 radical (unpaired) electrons. The van der Waals surface area contributed by atoms with Crippen LogP contribution in [-0.4, -0.2) is 16.9 Å². The van der Waals surface area contributed by atoms with Gasteiger partial charge in [-0.3, -0.25) is 4.79 Å². The van der Waals surface area contributed by atoms with E-state index in [1.54, 1.807) is 6.92 Å². The van der Waals surface area contributed by atoms with Gasteiger partial charge in [0.15, 0.2) is 5.78 Å². The predicted molar refractivity (Wildman–Crippen MR) is 47.5 cm³/mol. The molecule has 0 spiro atoms. The molecule has 1 unspecified atom stereocenters. The SMILES string of the molecule is CC(=O)C1=S(C)C=CC=C1. The third-order valence-corrected chi connectivity index (χ3v) is 3.02. The van der Waals surface area contributed by atoms with Crippen LogP contribution in [0.3, 0.4) is 0 Å².